The van der Waals surface area contributed by atoms with Gasteiger partial charge in [-0.15, -0.1) is 0 Å². The molecule has 0 aromatic rings. The van der Waals surface area contributed by atoms with Crippen molar-refractivity contribution in [3.05, 3.63) is 36.8 Å². The first-order chi connectivity index (χ1) is 4.97. The van der Waals surface area contributed by atoms with E-state index in [-0.39, 0.29) is 0 Å². The van der Waals surface area contributed by atoms with E-state index in [0.29, 0.717) is 0 Å². The van der Waals surface area contributed by atoms with E-state index in [2.05, 4.69) is 10.4 Å². The quantitative estimate of drug-likeness (QED) is 0.528. The third kappa shape index (κ3) is 0.719. The number of hydrazine groups is 1. The van der Waals surface area contributed by atoms with Gasteiger partial charge in [-0.25, -0.2) is 10.0 Å². The Bertz CT molecular complexity index is 248. The Hall–Kier alpha value is -1.51. The second-order valence-corrected chi connectivity index (χ2v) is 2.00. The number of nitrogens with one attached hydrogen (secondary N) is 1. The maximum absolute atomic E-state index is 4.14. The fraction of sp³-hybridized carbons (Fsp3) is 0. The van der Waals surface area contributed by atoms with Crippen LogP contribution in [0.4, 0.5) is 0 Å². The minimum absolute atomic E-state index is 0.921. The summed E-state index contributed by atoms with van der Waals surface area (Å²) in [5.41, 5.74) is 2.99. The van der Waals surface area contributed by atoms with Crippen LogP contribution in [-0.4, -0.2) is 10.8 Å². The molecule has 0 saturated carbocycles. The molecule has 0 radical (unpaired) electrons. The van der Waals surface area contributed by atoms with Gasteiger partial charge in [0.1, 0.15) is 0 Å². The first-order valence-electron chi connectivity index (χ1n) is 3.10. The summed E-state index contributed by atoms with van der Waals surface area (Å²) in [6.07, 6.45) is 11.3. The van der Waals surface area contributed by atoms with Gasteiger partial charge in [0.15, 0.2) is 5.84 Å². The van der Waals surface area contributed by atoms with E-state index in [4.69, 9.17) is 0 Å². The third-order valence-corrected chi connectivity index (χ3v) is 1.33. The van der Waals surface area contributed by atoms with Crippen molar-refractivity contribution in [2.75, 3.05) is 0 Å². The van der Waals surface area contributed by atoms with Crippen molar-refractivity contribution >= 4 is 5.84 Å². The van der Waals surface area contributed by atoms with Crippen LogP contribution >= 0.6 is 0 Å². The van der Waals surface area contributed by atoms with Gasteiger partial charge in [-0.2, -0.15) is 0 Å². The van der Waals surface area contributed by atoms with Crippen LogP contribution in [0.1, 0.15) is 0 Å². The lowest BCUT2D eigenvalue weighted by molar-refractivity contribution is 0.501. The minimum atomic E-state index is 0.921. The van der Waals surface area contributed by atoms with Crippen LogP contribution in [0.2, 0.25) is 0 Å². The molecule has 0 spiro atoms. The van der Waals surface area contributed by atoms with Gasteiger partial charge < -0.3 is 5.43 Å². The maximum Gasteiger partial charge on any atom is 0.152 e. The number of aliphatic imine (C=N–C) groups is 1. The lowest BCUT2D eigenvalue weighted by Gasteiger charge is -2.11. The molecule has 1 N–H and O–H groups in total. The summed E-state index contributed by atoms with van der Waals surface area (Å²) in [7, 11) is 0. The van der Waals surface area contributed by atoms with Gasteiger partial charge in [-0.05, 0) is 12.2 Å². The van der Waals surface area contributed by atoms with Crippen LogP contribution in [0.25, 0.3) is 0 Å². The van der Waals surface area contributed by atoms with Crippen LogP contribution < -0.4 is 5.43 Å². The second-order valence-electron chi connectivity index (χ2n) is 2.00. The second kappa shape index (κ2) is 2.02. The average Bonchev–Trinajstić information content (AvgIpc) is 2.28. The lowest BCUT2D eigenvalue weighted by Crippen LogP contribution is -2.27. The first kappa shape index (κ1) is 5.29. The van der Waals surface area contributed by atoms with Crippen LogP contribution in [-0.2, 0) is 0 Å². The number of nitrogens with zero attached hydrogens (tertiary/aromatic N) is 2. The summed E-state index contributed by atoms with van der Waals surface area (Å²) in [6.45, 7) is 0. The molecule has 0 aliphatic carbocycles. The molecule has 0 aromatic heterocycles. The van der Waals surface area contributed by atoms with Crippen molar-refractivity contribution < 1.29 is 0 Å². The molecule has 0 bridgehead atoms. The number of amidine groups is 1. The van der Waals surface area contributed by atoms with E-state index in [0.717, 1.165) is 5.84 Å². The largest absolute Gasteiger partial charge is 0.300 e. The molecule has 2 rings (SSSR count). The van der Waals surface area contributed by atoms with Crippen molar-refractivity contribution in [1.82, 2.24) is 10.4 Å². The molecular weight excluding hydrogens is 126 g/mol. The molecule has 2 heterocycles. The van der Waals surface area contributed by atoms with Gasteiger partial charge in [-0.3, -0.25) is 0 Å². The van der Waals surface area contributed by atoms with Crippen LogP contribution in [0.3, 0.4) is 0 Å². The molecule has 0 atom stereocenters. The molecule has 2 aliphatic rings. The predicted molar refractivity (Wildman–Crippen MR) is 39.8 cm³/mol. The molecule has 0 saturated heterocycles. The molecule has 2 aliphatic heterocycles. The van der Waals surface area contributed by atoms with E-state index in [1.807, 2.05) is 35.6 Å². The topological polar surface area (TPSA) is 27.6 Å². The smallest absolute Gasteiger partial charge is 0.152 e. The molecule has 10 heavy (non-hydrogen) atoms. The third-order valence-electron chi connectivity index (χ3n) is 1.33. The number of fused-ring (bicyclic) bond motifs is 1. The summed E-state index contributed by atoms with van der Waals surface area (Å²) in [5.74, 6) is 0.921. The normalized spacial score (nSPS) is 20.0. The molecule has 0 fully saturated rings. The summed E-state index contributed by atoms with van der Waals surface area (Å²) in [5, 5.41) is 1.85. The van der Waals surface area contributed by atoms with Gasteiger partial charge in [0.05, 0.1) is 0 Å². The number of rotatable bonds is 0. The van der Waals surface area contributed by atoms with Crippen molar-refractivity contribution in [2.45, 2.75) is 0 Å². The van der Waals surface area contributed by atoms with Crippen molar-refractivity contribution in [1.29, 1.82) is 0 Å². The van der Waals surface area contributed by atoms with Crippen LogP contribution in [0, 0.1) is 0 Å². The highest BCUT2D eigenvalue weighted by Gasteiger charge is 2.08. The molecule has 0 aromatic carbocycles. The SMILES string of the molecule is C1=CN=C2C=CNN2C=C1. The monoisotopic (exact) mass is 133 g/mol. The fourth-order valence-electron chi connectivity index (χ4n) is 0.868. The Morgan fingerprint density at radius 2 is 2.40 bits per heavy atom. The van der Waals surface area contributed by atoms with Gasteiger partial charge in [0.2, 0.25) is 0 Å². The highest BCUT2D eigenvalue weighted by Crippen LogP contribution is 2.02. The van der Waals surface area contributed by atoms with Gasteiger partial charge >= 0.3 is 0 Å². The van der Waals surface area contributed by atoms with Crippen molar-refractivity contribution in [3.8, 4) is 0 Å². The Morgan fingerprint density at radius 3 is 3.40 bits per heavy atom. The van der Waals surface area contributed by atoms with E-state index in [1.54, 1.807) is 6.20 Å². The highest BCUT2D eigenvalue weighted by molar-refractivity contribution is 5.95. The van der Waals surface area contributed by atoms with Gasteiger partial charge in [-0.1, -0.05) is 0 Å². The van der Waals surface area contributed by atoms with Crippen LogP contribution in [0.5, 0.6) is 0 Å². The fourth-order valence-corrected chi connectivity index (χ4v) is 0.868. The van der Waals surface area contributed by atoms with E-state index in [9.17, 15) is 0 Å². The zero-order valence-electron chi connectivity index (χ0n) is 5.36. The summed E-state index contributed by atoms with van der Waals surface area (Å²) < 4.78 is 0. The summed E-state index contributed by atoms with van der Waals surface area (Å²) >= 11 is 0. The Balaban J connectivity index is 2.36. The Kier molecular flexibility index (Phi) is 1.07. The summed E-state index contributed by atoms with van der Waals surface area (Å²) in [4.78, 5) is 4.14. The van der Waals surface area contributed by atoms with Gasteiger partial charge in [0, 0.05) is 24.7 Å². The average molecular weight is 133 g/mol. The zero-order chi connectivity index (χ0) is 6.81. The summed E-state index contributed by atoms with van der Waals surface area (Å²) in [6, 6.07) is 0. The van der Waals surface area contributed by atoms with Crippen LogP contribution in [0.15, 0.2) is 41.8 Å². The highest BCUT2D eigenvalue weighted by atomic mass is 15.5. The lowest BCUT2D eigenvalue weighted by atomic mass is 10.5. The number of hydrogen-bond acceptors (Lipinski definition) is 3. The molecule has 50 valence electrons. The molecule has 3 nitrogen and oxygen atoms in total. The predicted octanol–water partition coefficient (Wildman–Crippen LogP) is 0.760. The van der Waals surface area contributed by atoms with E-state index < -0.39 is 0 Å². The van der Waals surface area contributed by atoms with Crippen molar-refractivity contribution in [2.24, 2.45) is 4.99 Å². The molecule has 3 heteroatoms. The minimum Gasteiger partial charge on any atom is -0.300 e. The Morgan fingerprint density at radius 1 is 1.40 bits per heavy atom. The Labute approximate surface area is 59.0 Å². The zero-order valence-corrected chi connectivity index (χ0v) is 5.36. The number of hydrogen-bond donors (Lipinski definition) is 1. The number of allylic oxidation sites excluding steroid dienone is 2. The van der Waals surface area contributed by atoms with E-state index >= 15 is 0 Å². The van der Waals surface area contributed by atoms with Crippen molar-refractivity contribution in [3.63, 3.8) is 0 Å². The van der Waals surface area contributed by atoms with E-state index in [1.165, 1.54) is 0 Å². The maximum atomic E-state index is 4.14. The molecular formula is C7H7N3. The molecule has 0 unspecified atom stereocenters. The standard InChI is InChI=1S/C7H7N3/c1-2-6-10-7(8-4-1)3-5-9-10/h1-6,9H. The molecule has 0 amide bonds. The van der Waals surface area contributed by atoms with Gasteiger partial charge in [0.25, 0.3) is 0 Å². The first-order valence-corrected chi connectivity index (χ1v) is 3.10.